The molecule has 0 aliphatic rings. The molecule has 0 N–H and O–H groups in total. The normalized spacial score (nSPS) is 11.0. The molecule has 0 aromatic heterocycles. The van der Waals surface area contributed by atoms with Crippen molar-refractivity contribution in [3.8, 4) is 0 Å². The molecule has 0 heterocycles. The van der Waals surface area contributed by atoms with Gasteiger partial charge in [0.25, 0.3) is 0 Å². The van der Waals surface area contributed by atoms with Gasteiger partial charge in [0.1, 0.15) is 5.82 Å². The first-order valence-corrected chi connectivity index (χ1v) is 7.10. The van der Waals surface area contributed by atoms with Gasteiger partial charge in [0, 0.05) is 21.4 Å². The number of rotatable bonds is 4. The van der Waals surface area contributed by atoms with Gasteiger partial charge in [0.2, 0.25) is 0 Å². The molecule has 2 rings (SSSR count). The van der Waals surface area contributed by atoms with E-state index in [0.29, 0.717) is 5.02 Å². The number of benzene rings is 2. The molecule has 0 spiro atoms. The highest BCUT2D eigenvalue weighted by Crippen LogP contribution is 2.32. The molecule has 0 fully saturated rings. The van der Waals surface area contributed by atoms with Crippen LogP contribution in [0.2, 0.25) is 5.02 Å². The molecule has 2 aromatic carbocycles. The Morgan fingerprint density at radius 3 is 2.42 bits per heavy atom. The Labute approximate surface area is 122 Å². The third-order valence-electron chi connectivity index (χ3n) is 2.56. The van der Waals surface area contributed by atoms with E-state index in [9.17, 15) is 4.39 Å². The molecule has 0 saturated carbocycles. The lowest BCUT2D eigenvalue weighted by molar-refractivity contribution is 0.398. The van der Waals surface area contributed by atoms with Crippen molar-refractivity contribution in [2.24, 2.45) is 0 Å². The summed E-state index contributed by atoms with van der Waals surface area (Å²) in [6.45, 7) is 0.788. The van der Waals surface area contributed by atoms with Crippen LogP contribution in [-0.2, 0) is 6.54 Å². The van der Waals surface area contributed by atoms with Crippen LogP contribution in [0, 0.1) is 5.82 Å². The Morgan fingerprint density at radius 2 is 1.79 bits per heavy atom. The first-order chi connectivity index (χ1) is 9.04. The van der Waals surface area contributed by atoms with Crippen molar-refractivity contribution in [2.75, 3.05) is 14.1 Å². The highest BCUT2D eigenvalue weighted by atomic mass is 35.5. The van der Waals surface area contributed by atoms with Crippen molar-refractivity contribution >= 4 is 23.4 Å². The predicted octanol–water partition coefficient (Wildman–Crippen LogP) is 4.69. The van der Waals surface area contributed by atoms with Crippen LogP contribution in [0.25, 0.3) is 0 Å². The summed E-state index contributed by atoms with van der Waals surface area (Å²) in [5, 5.41) is 0.706. The van der Waals surface area contributed by atoms with Crippen LogP contribution in [0.5, 0.6) is 0 Å². The first kappa shape index (κ1) is 14.4. The average Bonchev–Trinajstić information content (AvgIpc) is 2.35. The molecular formula is C15H15ClFNS. The predicted molar refractivity (Wildman–Crippen MR) is 79.4 cm³/mol. The van der Waals surface area contributed by atoms with Gasteiger partial charge in [0.05, 0.1) is 0 Å². The maximum absolute atomic E-state index is 13.4. The Morgan fingerprint density at radius 1 is 1.11 bits per heavy atom. The SMILES string of the molecule is CN(C)Cc1ccc(F)cc1Sc1ccc(Cl)cc1. The summed E-state index contributed by atoms with van der Waals surface area (Å²) in [5.41, 5.74) is 1.12. The quantitative estimate of drug-likeness (QED) is 0.805. The van der Waals surface area contributed by atoms with Crippen molar-refractivity contribution < 1.29 is 4.39 Å². The van der Waals surface area contributed by atoms with E-state index in [2.05, 4.69) is 4.90 Å². The number of hydrogen-bond acceptors (Lipinski definition) is 2. The van der Waals surface area contributed by atoms with Crippen LogP contribution >= 0.6 is 23.4 Å². The van der Waals surface area contributed by atoms with E-state index in [1.54, 1.807) is 17.8 Å². The van der Waals surface area contributed by atoms with Crippen LogP contribution in [0.3, 0.4) is 0 Å². The van der Waals surface area contributed by atoms with E-state index < -0.39 is 0 Å². The van der Waals surface area contributed by atoms with Crippen LogP contribution < -0.4 is 0 Å². The monoisotopic (exact) mass is 295 g/mol. The highest BCUT2D eigenvalue weighted by molar-refractivity contribution is 7.99. The van der Waals surface area contributed by atoms with Gasteiger partial charge in [-0.05, 0) is 56.1 Å². The van der Waals surface area contributed by atoms with E-state index in [-0.39, 0.29) is 5.82 Å². The second-order valence-electron chi connectivity index (χ2n) is 4.55. The topological polar surface area (TPSA) is 3.24 Å². The maximum atomic E-state index is 13.4. The third kappa shape index (κ3) is 4.23. The fourth-order valence-electron chi connectivity index (χ4n) is 1.72. The van der Waals surface area contributed by atoms with Gasteiger partial charge < -0.3 is 4.90 Å². The fourth-order valence-corrected chi connectivity index (χ4v) is 2.81. The fraction of sp³-hybridized carbons (Fsp3) is 0.200. The zero-order valence-electron chi connectivity index (χ0n) is 10.9. The minimum atomic E-state index is -0.209. The van der Waals surface area contributed by atoms with Crippen molar-refractivity contribution in [3.63, 3.8) is 0 Å². The average molecular weight is 296 g/mol. The lowest BCUT2D eigenvalue weighted by atomic mass is 10.2. The molecular weight excluding hydrogens is 281 g/mol. The summed E-state index contributed by atoms with van der Waals surface area (Å²) < 4.78 is 13.4. The molecule has 0 aliphatic carbocycles. The molecule has 0 unspecified atom stereocenters. The van der Waals surface area contributed by atoms with Gasteiger partial charge >= 0.3 is 0 Å². The van der Waals surface area contributed by atoms with E-state index >= 15 is 0 Å². The van der Waals surface area contributed by atoms with Crippen molar-refractivity contribution in [2.45, 2.75) is 16.3 Å². The lowest BCUT2D eigenvalue weighted by Crippen LogP contribution is -2.11. The minimum Gasteiger partial charge on any atom is -0.305 e. The molecule has 1 nitrogen and oxygen atoms in total. The number of halogens is 2. The summed E-state index contributed by atoms with van der Waals surface area (Å²) in [5.74, 6) is -0.209. The molecule has 4 heteroatoms. The largest absolute Gasteiger partial charge is 0.305 e. The van der Waals surface area contributed by atoms with E-state index in [4.69, 9.17) is 11.6 Å². The summed E-state index contributed by atoms with van der Waals surface area (Å²) >= 11 is 7.42. The van der Waals surface area contributed by atoms with Crippen molar-refractivity contribution in [1.29, 1.82) is 0 Å². The minimum absolute atomic E-state index is 0.209. The van der Waals surface area contributed by atoms with Crippen LogP contribution in [0.15, 0.2) is 52.3 Å². The first-order valence-electron chi connectivity index (χ1n) is 5.91. The van der Waals surface area contributed by atoms with Crippen LogP contribution in [0.4, 0.5) is 4.39 Å². The second-order valence-corrected chi connectivity index (χ2v) is 6.10. The maximum Gasteiger partial charge on any atom is 0.124 e. The Kier molecular flexibility index (Phi) is 4.86. The van der Waals surface area contributed by atoms with Gasteiger partial charge in [-0.15, -0.1) is 0 Å². The Bertz CT molecular complexity index is 555. The lowest BCUT2D eigenvalue weighted by Gasteiger charge is -2.14. The molecule has 0 bridgehead atoms. The van der Waals surface area contributed by atoms with Crippen molar-refractivity contribution in [3.05, 3.63) is 58.9 Å². The van der Waals surface area contributed by atoms with Gasteiger partial charge in [-0.25, -0.2) is 4.39 Å². The molecule has 0 radical (unpaired) electrons. The number of nitrogens with zero attached hydrogens (tertiary/aromatic N) is 1. The van der Waals surface area contributed by atoms with Gasteiger partial charge in [0.15, 0.2) is 0 Å². The summed E-state index contributed by atoms with van der Waals surface area (Å²) in [6, 6.07) is 12.5. The Balaban J connectivity index is 2.27. The Hall–Kier alpha value is -1.03. The van der Waals surface area contributed by atoms with Crippen LogP contribution in [-0.4, -0.2) is 19.0 Å². The third-order valence-corrected chi connectivity index (χ3v) is 3.92. The molecule has 0 amide bonds. The highest BCUT2D eigenvalue weighted by Gasteiger charge is 2.07. The molecule has 0 saturated heterocycles. The van der Waals surface area contributed by atoms with Crippen LogP contribution in [0.1, 0.15) is 5.56 Å². The molecule has 19 heavy (non-hydrogen) atoms. The molecule has 0 aliphatic heterocycles. The summed E-state index contributed by atoms with van der Waals surface area (Å²) in [7, 11) is 4.00. The van der Waals surface area contributed by atoms with Gasteiger partial charge in [-0.3, -0.25) is 0 Å². The standard InChI is InChI=1S/C15H15ClFNS/c1-18(2)10-11-3-6-13(17)9-15(11)19-14-7-4-12(16)5-8-14/h3-9H,10H2,1-2H3. The second kappa shape index (κ2) is 6.42. The summed E-state index contributed by atoms with van der Waals surface area (Å²) in [6.07, 6.45) is 0. The molecule has 0 atom stereocenters. The van der Waals surface area contributed by atoms with E-state index in [1.807, 2.05) is 44.4 Å². The number of hydrogen-bond donors (Lipinski definition) is 0. The van der Waals surface area contributed by atoms with E-state index in [0.717, 1.165) is 21.9 Å². The van der Waals surface area contributed by atoms with Gasteiger partial charge in [-0.1, -0.05) is 29.4 Å². The molecule has 100 valence electrons. The zero-order chi connectivity index (χ0) is 13.8. The molecule has 2 aromatic rings. The smallest absolute Gasteiger partial charge is 0.124 e. The van der Waals surface area contributed by atoms with Crippen molar-refractivity contribution in [1.82, 2.24) is 4.90 Å². The summed E-state index contributed by atoms with van der Waals surface area (Å²) in [4.78, 5) is 4.06. The van der Waals surface area contributed by atoms with Gasteiger partial charge in [-0.2, -0.15) is 0 Å². The zero-order valence-corrected chi connectivity index (χ0v) is 12.4. The van der Waals surface area contributed by atoms with E-state index in [1.165, 1.54) is 6.07 Å².